The molecule has 1 amide bonds. The van der Waals surface area contributed by atoms with Gasteiger partial charge in [-0.1, -0.05) is 30.3 Å². The minimum Gasteiger partial charge on any atom is -0.492 e. The van der Waals surface area contributed by atoms with E-state index in [1.54, 1.807) is 19.2 Å². The van der Waals surface area contributed by atoms with Gasteiger partial charge in [0.15, 0.2) is 11.7 Å². The number of hydrogen-bond acceptors (Lipinski definition) is 4. The highest BCUT2D eigenvalue weighted by molar-refractivity contribution is 6.02. The molecule has 0 aliphatic rings. The number of carbonyl (C=O) groups is 1. The number of furan rings is 1. The summed E-state index contributed by atoms with van der Waals surface area (Å²) in [5, 5.41) is 9.25. The van der Waals surface area contributed by atoms with Gasteiger partial charge in [0, 0.05) is 19.3 Å². The van der Waals surface area contributed by atoms with Crippen LogP contribution in [-0.2, 0) is 6.54 Å². The summed E-state index contributed by atoms with van der Waals surface area (Å²) in [6.45, 7) is 1.77. The molecule has 0 spiro atoms. The molecule has 3 N–H and O–H groups in total. The second-order valence-corrected chi connectivity index (χ2v) is 6.14. The Kier molecular flexibility index (Phi) is 7.28. The fraction of sp³-hybridized carbons (Fsp3) is 0.182. The highest BCUT2D eigenvalue weighted by Gasteiger charge is 2.08. The Morgan fingerprint density at radius 1 is 1.00 bits per heavy atom. The van der Waals surface area contributed by atoms with Crippen molar-refractivity contribution in [3.05, 3.63) is 84.3 Å². The second-order valence-electron chi connectivity index (χ2n) is 6.14. The van der Waals surface area contributed by atoms with Crippen LogP contribution in [0.4, 0.5) is 5.69 Å². The SMILES string of the molecule is CN=C(NCCOc1ccccc1)NCc1ccc(NC(=O)c2ccco2)cc1. The molecule has 1 heterocycles. The molecular formula is C22H24N4O3. The van der Waals surface area contributed by atoms with Crippen molar-refractivity contribution in [2.75, 3.05) is 25.5 Å². The summed E-state index contributed by atoms with van der Waals surface area (Å²) in [6.07, 6.45) is 1.47. The Bertz CT molecular complexity index is 907. The minimum atomic E-state index is -0.275. The molecule has 0 saturated carbocycles. The predicted molar refractivity (Wildman–Crippen MR) is 113 cm³/mol. The summed E-state index contributed by atoms with van der Waals surface area (Å²) in [6, 6.07) is 20.6. The number of carbonyl (C=O) groups excluding carboxylic acids is 1. The number of rotatable bonds is 8. The van der Waals surface area contributed by atoms with E-state index in [0.717, 1.165) is 11.3 Å². The zero-order chi connectivity index (χ0) is 20.3. The minimum absolute atomic E-state index is 0.275. The van der Waals surface area contributed by atoms with Gasteiger partial charge < -0.3 is 25.1 Å². The first-order valence-electron chi connectivity index (χ1n) is 9.31. The molecule has 150 valence electrons. The lowest BCUT2D eigenvalue weighted by molar-refractivity contribution is 0.0996. The van der Waals surface area contributed by atoms with Gasteiger partial charge in [-0.15, -0.1) is 0 Å². The Morgan fingerprint density at radius 3 is 2.48 bits per heavy atom. The smallest absolute Gasteiger partial charge is 0.291 e. The maximum atomic E-state index is 12.0. The van der Waals surface area contributed by atoms with Gasteiger partial charge in [0.25, 0.3) is 5.91 Å². The van der Waals surface area contributed by atoms with E-state index in [2.05, 4.69) is 20.9 Å². The van der Waals surface area contributed by atoms with Crippen molar-refractivity contribution in [2.45, 2.75) is 6.54 Å². The highest BCUT2D eigenvalue weighted by atomic mass is 16.5. The van der Waals surface area contributed by atoms with E-state index in [4.69, 9.17) is 9.15 Å². The van der Waals surface area contributed by atoms with E-state index in [9.17, 15) is 4.79 Å². The molecule has 7 nitrogen and oxygen atoms in total. The second kappa shape index (κ2) is 10.6. The number of anilines is 1. The highest BCUT2D eigenvalue weighted by Crippen LogP contribution is 2.12. The van der Waals surface area contributed by atoms with Crippen LogP contribution in [0.1, 0.15) is 16.1 Å². The molecule has 3 aromatic rings. The van der Waals surface area contributed by atoms with Gasteiger partial charge in [-0.2, -0.15) is 0 Å². The first-order chi connectivity index (χ1) is 14.2. The Labute approximate surface area is 169 Å². The zero-order valence-electron chi connectivity index (χ0n) is 16.2. The molecule has 2 aromatic carbocycles. The van der Waals surface area contributed by atoms with E-state index < -0.39 is 0 Å². The molecule has 1 aromatic heterocycles. The maximum Gasteiger partial charge on any atom is 0.291 e. The molecule has 29 heavy (non-hydrogen) atoms. The van der Waals surface area contributed by atoms with E-state index >= 15 is 0 Å². The average molecular weight is 392 g/mol. The molecule has 3 rings (SSSR count). The Hall–Kier alpha value is -3.74. The number of aliphatic imine (C=N–C) groups is 1. The predicted octanol–water partition coefficient (Wildman–Crippen LogP) is 3.28. The molecule has 0 aliphatic carbocycles. The van der Waals surface area contributed by atoms with Crippen molar-refractivity contribution in [3.8, 4) is 5.75 Å². The number of amides is 1. The van der Waals surface area contributed by atoms with Crippen LogP contribution in [0.25, 0.3) is 0 Å². The van der Waals surface area contributed by atoms with Crippen LogP contribution in [0.5, 0.6) is 5.75 Å². The van der Waals surface area contributed by atoms with Crippen LogP contribution in [0.15, 0.2) is 82.4 Å². The Morgan fingerprint density at radius 2 is 1.79 bits per heavy atom. The van der Waals surface area contributed by atoms with Crippen LogP contribution in [0, 0.1) is 0 Å². The van der Waals surface area contributed by atoms with Gasteiger partial charge in [-0.25, -0.2) is 0 Å². The summed E-state index contributed by atoms with van der Waals surface area (Å²) >= 11 is 0. The van der Waals surface area contributed by atoms with Gasteiger partial charge >= 0.3 is 0 Å². The molecule has 0 fully saturated rings. The van der Waals surface area contributed by atoms with E-state index in [-0.39, 0.29) is 11.7 Å². The summed E-state index contributed by atoms with van der Waals surface area (Å²) in [4.78, 5) is 16.2. The van der Waals surface area contributed by atoms with Crippen molar-refractivity contribution in [1.82, 2.24) is 10.6 Å². The number of ether oxygens (including phenoxy) is 1. The zero-order valence-corrected chi connectivity index (χ0v) is 16.2. The first-order valence-corrected chi connectivity index (χ1v) is 9.31. The van der Waals surface area contributed by atoms with Crippen molar-refractivity contribution in [3.63, 3.8) is 0 Å². The summed E-state index contributed by atoms with van der Waals surface area (Å²) in [5.41, 5.74) is 1.76. The summed E-state index contributed by atoms with van der Waals surface area (Å²) in [5.74, 6) is 1.54. The maximum absolute atomic E-state index is 12.0. The number of para-hydroxylation sites is 1. The van der Waals surface area contributed by atoms with Crippen molar-refractivity contribution < 1.29 is 13.9 Å². The number of benzene rings is 2. The lowest BCUT2D eigenvalue weighted by Crippen LogP contribution is -2.38. The lowest BCUT2D eigenvalue weighted by atomic mass is 10.2. The molecular weight excluding hydrogens is 368 g/mol. The molecule has 0 aliphatic heterocycles. The molecule has 7 heteroatoms. The third-order valence-electron chi connectivity index (χ3n) is 4.05. The molecule has 0 atom stereocenters. The topological polar surface area (TPSA) is 87.9 Å². The van der Waals surface area contributed by atoms with Crippen molar-refractivity contribution in [2.24, 2.45) is 4.99 Å². The number of nitrogens with one attached hydrogen (secondary N) is 3. The standard InChI is InChI=1S/C22H24N4O3/c1-23-22(24-13-15-28-19-6-3-2-4-7-19)25-16-17-9-11-18(12-10-17)26-21(27)20-8-5-14-29-20/h2-12,14H,13,15-16H2,1H3,(H,26,27)(H2,23,24,25). The van der Waals surface area contributed by atoms with Gasteiger partial charge in [-0.05, 0) is 42.0 Å². The van der Waals surface area contributed by atoms with Gasteiger partial charge in [0.2, 0.25) is 0 Å². The molecule has 0 bridgehead atoms. The number of hydrogen-bond donors (Lipinski definition) is 3. The van der Waals surface area contributed by atoms with E-state index in [1.807, 2.05) is 54.6 Å². The normalized spacial score (nSPS) is 11.0. The summed E-state index contributed by atoms with van der Waals surface area (Å²) in [7, 11) is 1.72. The van der Waals surface area contributed by atoms with Crippen LogP contribution in [0.2, 0.25) is 0 Å². The molecule has 0 radical (unpaired) electrons. The largest absolute Gasteiger partial charge is 0.492 e. The third-order valence-corrected chi connectivity index (χ3v) is 4.05. The van der Waals surface area contributed by atoms with Gasteiger partial charge in [0.1, 0.15) is 12.4 Å². The molecule has 0 unspecified atom stereocenters. The third kappa shape index (κ3) is 6.42. The van der Waals surface area contributed by atoms with Crippen LogP contribution >= 0.6 is 0 Å². The van der Waals surface area contributed by atoms with Crippen molar-refractivity contribution in [1.29, 1.82) is 0 Å². The van der Waals surface area contributed by atoms with Gasteiger partial charge in [0.05, 0.1) is 12.8 Å². The first kappa shape index (κ1) is 20.0. The van der Waals surface area contributed by atoms with Crippen molar-refractivity contribution >= 4 is 17.6 Å². The fourth-order valence-corrected chi connectivity index (χ4v) is 2.57. The monoisotopic (exact) mass is 392 g/mol. The quantitative estimate of drug-likeness (QED) is 0.311. The number of guanidine groups is 1. The average Bonchev–Trinajstić information content (AvgIpc) is 3.30. The summed E-state index contributed by atoms with van der Waals surface area (Å²) < 4.78 is 10.7. The number of nitrogens with zero attached hydrogens (tertiary/aromatic N) is 1. The van der Waals surface area contributed by atoms with Crippen LogP contribution in [0.3, 0.4) is 0 Å². The molecule has 0 saturated heterocycles. The Balaban J connectivity index is 1.39. The van der Waals surface area contributed by atoms with E-state index in [0.29, 0.717) is 31.3 Å². The fourth-order valence-electron chi connectivity index (χ4n) is 2.57. The van der Waals surface area contributed by atoms with E-state index in [1.165, 1.54) is 6.26 Å². The lowest BCUT2D eigenvalue weighted by Gasteiger charge is -2.13. The van der Waals surface area contributed by atoms with Gasteiger partial charge in [-0.3, -0.25) is 9.79 Å². The van der Waals surface area contributed by atoms with Crippen LogP contribution in [-0.4, -0.2) is 32.1 Å². The van der Waals surface area contributed by atoms with Crippen LogP contribution < -0.4 is 20.7 Å².